The van der Waals surface area contributed by atoms with Gasteiger partial charge < -0.3 is 15.8 Å². The van der Waals surface area contributed by atoms with Gasteiger partial charge in [-0.15, -0.1) is 0 Å². The Kier molecular flexibility index (Phi) is 4.56. The average molecular weight is 262 g/mol. The van der Waals surface area contributed by atoms with Gasteiger partial charge in [0, 0.05) is 13.2 Å². The molecule has 0 saturated carbocycles. The van der Waals surface area contributed by atoms with Gasteiger partial charge in [0.05, 0.1) is 18.6 Å². The number of benzene rings is 1. The van der Waals surface area contributed by atoms with Gasteiger partial charge in [0.2, 0.25) is 5.91 Å². The maximum atomic E-state index is 12.1. The van der Waals surface area contributed by atoms with Crippen LogP contribution in [0.1, 0.15) is 30.9 Å². The summed E-state index contributed by atoms with van der Waals surface area (Å²) < 4.78 is 5.45. The average Bonchev–Trinajstić information content (AvgIpc) is 2.39. The second-order valence-electron chi connectivity index (χ2n) is 5.41. The molecule has 1 aliphatic heterocycles. The third kappa shape index (κ3) is 3.78. The van der Waals surface area contributed by atoms with Crippen molar-refractivity contribution in [3.8, 4) is 0 Å². The molecule has 1 aromatic carbocycles. The lowest BCUT2D eigenvalue weighted by Crippen LogP contribution is -2.52. The van der Waals surface area contributed by atoms with E-state index in [1.807, 2.05) is 31.2 Å². The normalized spacial score (nSPS) is 23.1. The molecule has 0 spiro atoms. The molecule has 1 aliphatic rings. The number of carbonyl (C=O) groups excluding carboxylic acids is 1. The van der Waals surface area contributed by atoms with Crippen molar-refractivity contribution in [3.05, 3.63) is 35.4 Å². The van der Waals surface area contributed by atoms with Gasteiger partial charge in [-0.3, -0.25) is 4.79 Å². The van der Waals surface area contributed by atoms with Crippen LogP contribution in [0.2, 0.25) is 0 Å². The van der Waals surface area contributed by atoms with E-state index < -0.39 is 0 Å². The maximum absolute atomic E-state index is 12.1. The number of rotatable bonds is 4. The third-order valence-corrected chi connectivity index (χ3v) is 3.57. The van der Waals surface area contributed by atoms with Gasteiger partial charge in [-0.2, -0.15) is 0 Å². The molecule has 3 N–H and O–H groups in total. The second kappa shape index (κ2) is 6.17. The standard InChI is InChI=1S/C15H22N2O2/c1-15(7-4-8-19-11-15)17-14(18)9-12-5-2-3-6-13(12)10-16/h2-3,5-6H,4,7-11,16H2,1H3,(H,17,18). The van der Waals surface area contributed by atoms with E-state index in [1.165, 1.54) is 0 Å². The summed E-state index contributed by atoms with van der Waals surface area (Å²) in [6, 6.07) is 7.81. The molecule has 1 fully saturated rings. The highest BCUT2D eigenvalue weighted by molar-refractivity contribution is 5.79. The number of hydrogen-bond acceptors (Lipinski definition) is 3. The van der Waals surface area contributed by atoms with Crippen LogP contribution in [0, 0.1) is 0 Å². The van der Waals surface area contributed by atoms with Crippen molar-refractivity contribution in [1.82, 2.24) is 5.32 Å². The van der Waals surface area contributed by atoms with Crippen LogP contribution in [0.3, 0.4) is 0 Å². The first-order valence-corrected chi connectivity index (χ1v) is 6.78. The molecule has 0 aromatic heterocycles. The Bertz CT molecular complexity index is 440. The first kappa shape index (κ1) is 14.0. The van der Waals surface area contributed by atoms with Crippen LogP contribution in [0.15, 0.2) is 24.3 Å². The highest BCUT2D eigenvalue weighted by Gasteiger charge is 2.29. The van der Waals surface area contributed by atoms with Crippen molar-refractivity contribution in [2.75, 3.05) is 13.2 Å². The molecule has 1 saturated heterocycles. The summed E-state index contributed by atoms with van der Waals surface area (Å²) in [5.74, 6) is 0.0360. The minimum atomic E-state index is -0.229. The zero-order valence-electron chi connectivity index (χ0n) is 11.4. The second-order valence-corrected chi connectivity index (χ2v) is 5.41. The van der Waals surface area contributed by atoms with Crippen molar-refractivity contribution in [3.63, 3.8) is 0 Å². The molecule has 2 rings (SSSR count). The van der Waals surface area contributed by atoms with E-state index in [-0.39, 0.29) is 11.4 Å². The molecule has 4 nitrogen and oxygen atoms in total. The van der Waals surface area contributed by atoms with Crippen LogP contribution in [0.5, 0.6) is 0 Å². The molecule has 104 valence electrons. The van der Waals surface area contributed by atoms with Gasteiger partial charge in [0.15, 0.2) is 0 Å². The lowest BCUT2D eigenvalue weighted by Gasteiger charge is -2.34. The van der Waals surface area contributed by atoms with E-state index in [0.29, 0.717) is 19.6 Å². The summed E-state index contributed by atoms with van der Waals surface area (Å²) in [5.41, 5.74) is 7.49. The molecule has 1 aromatic rings. The predicted molar refractivity (Wildman–Crippen MR) is 74.6 cm³/mol. The topological polar surface area (TPSA) is 64.4 Å². The molecule has 1 heterocycles. The highest BCUT2D eigenvalue weighted by atomic mass is 16.5. The Balaban J connectivity index is 1.97. The number of carbonyl (C=O) groups is 1. The monoisotopic (exact) mass is 262 g/mol. The number of nitrogens with one attached hydrogen (secondary N) is 1. The van der Waals surface area contributed by atoms with Gasteiger partial charge >= 0.3 is 0 Å². The first-order chi connectivity index (χ1) is 9.13. The lowest BCUT2D eigenvalue weighted by molar-refractivity contribution is -0.124. The van der Waals surface area contributed by atoms with Crippen molar-refractivity contribution in [2.24, 2.45) is 5.73 Å². The van der Waals surface area contributed by atoms with Crippen LogP contribution in [0.4, 0.5) is 0 Å². The number of ether oxygens (including phenoxy) is 1. The van der Waals surface area contributed by atoms with Crippen molar-refractivity contribution >= 4 is 5.91 Å². The molecular formula is C15H22N2O2. The van der Waals surface area contributed by atoms with Crippen molar-refractivity contribution < 1.29 is 9.53 Å². The summed E-state index contributed by atoms with van der Waals surface area (Å²) in [5, 5.41) is 3.09. The van der Waals surface area contributed by atoms with Gasteiger partial charge in [0.1, 0.15) is 0 Å². The Morgan fingerprint density at radius 3 is 2.79 bits per heavy atom. The Morgan fingerprint density at radius 2 is 2.16 bits per heavy atom. The molecule has 1 amide bonds. The van der Waals surface area contributed by atoms with Crippen molar-refractivity contribution in [2.45, 2.75) is 38.3 Å². The maximum Gasteiger partial charge on any atom is 0.224 e. The lowest BCUT2D eigenvalue weighted by atomic mass is 9.94. The fraction of sp³-hybridized carbons (Fsp3) is 0.533. The minimum absolute atomic E-state index is 0.0360. The molecule has 1 unspecified atom stereocenters. The highest BCUT2D eigenvalue weighted by Crippen LogP contribution is 2.18. The summed E-state index contributed by atoms with van der Waals surface area (Å²) in [6.45, 7) is 3.89. The Morgan fingerprint density at radius 1 is 1.42 bits per heavy atom. The SMILES string of the molecule is CC1(NC(=O)Cc2ccccc2CN)CCCOC1. The molecule has 0 aliphatic carbocycles. The summed E-state index contributed by atoms with van der Waals surface area (Å²) in [4.78, 5) is 12.1. The minimum Gasteiger partial charge on any atom is -0.379 e. The number of hydrogen-bond donors (Lipinski definition) is 2. The van der Waals surface area contributed by atoms with Crippen molar-refractivity contribution in [1.29, 1.82) is 0 Å². The first-order valence-electron chi connectivity index (χ1n) is 6.78. The van der Waals surface area contributed by atoms with E-state index >= 15 is 0 Å². The van der Waals surface area contributed by atoms with Gasteiger partial charge in [-0.1, -0.05) is 24.3 Å². The van der Waals surface area contributed by atoms with E-state index in [2.05, 4.69) is 5.32 Å². The summed E-state index contributed by atoms with van der Waals surface area (Å²) in [7, 11) is 0. The summed E-state index contributed by atoms with van der Waals surface area (Å²) in [6.07, 6.45) is 2.34. The quantitative estimate of drug-likeness (QED) is 0.861. The van der Waals surface area contributed by atoms with E-state index in [0.717, 1.165) is 30.6 Å². The van der Waals surface area contributed by atoms with E-state index in [4.69, 9.17) is 10.5 Å². The predicted octanol–water partition coefficient (Wildman–Crippen LogP) is 1.37. The van der Waals surface area contributed by atoms with Crippen LogP contribution in [0.25, 0.3) is 0 Å². The third-order valence-electron chi connectivity index (χ3n) is 3.57. The van der Waals surface area contributed by atoms with Gasteiger partial charge in [-0.25, -0.2) is 0 Å². The zero-order valence-corrected chi connectivity index (χ0v) is 11.4. The summed E-state index contributed by atoms with van der Waals surface area (Å²) >= 11 is 0. The smallest absolute Gasteiger partial charge is 0.224 e. The molecule has 0 radical (unpaired) electrons. The van der Waals surface area contributed by atoms with Gasteiger partial charge in [-0.05, 0) is 30.9 Å². The largest absolute Gasteiger partial charge is 0.379 e. The van der Waals surface area contributed by atoms with Crippen LogP contribution < -0.4 is 11.1 Å². The molecule has 1 atom stereocenters. The molecular weight excluding hydrogens is 240 g/mol. The molecule has 4 heteroatoms. The number of nitrogens with two attached hydrogens (primary N) is 1. The van der Waals surface area contributed by atoms with E-state index in [1.54, 1.807) is 0 Å². The molecule has 19 heavy (non-hydrogen) atoms. The molecule has 0 bridgehead atoms. The Hall–Kier alpha value is -1.39. The Labute approximate surface area is 114 Å². The van der Waals surface area contributed by atoms with Crippen LogP contribution >= 0.6 is 0 Å². The van der Waals surface area contributed by atoms with Gasteiger partial charge in [0.25, 0.3) is 0 Å². The fourth-order valence-electron chi connectivity index (χ4n) is 2.52. The van der Waals surface area contributed by atoms with E-state index in [9.17, 15) is 4.79 Å². The number of amides is 1. The van der Waals surface area contributed by atoms with Crippen LogP contribution in [-0.2, 0) is 22.5 Å². The fourth-order valence-corrected chi connectivity index (χ4v) is 2.52. The zero-order chi connectivity index (χ0) is 13.7. The van der Waals surface area contributed by atoms with Crippen LogP contribution in [-0.4, -0.2) is 24.7 Å².